The van der Waals surface area contributed by atoms with Crippen molar-refractivity contribution in [1.29, 1.82) is 5.26 Å². The number of amides is 3. The van der Waals surface area contributed by atoms with E-state index in [9.17, 15) is 41.4 Å². The van der Waals surface area contributed by atoms with Crippen LogP contribution in [0.5, 0.6) is 0 Å². The number of carbonyl (C=O) groups excluding carboxylic acids is 3. The van der Waals surface area contributed by atoms with Crippen molar-refractivity contribution < 1.29 is 45.9 Å². The van der Waals surface area contributed by atoms with Gasteiger partial charge >= 0.3 is 13.3 Å². The minimum atomic E-state index is -5.83. The van der Waals surface area contributed by atoms with E-state index in [0.29, 0.717) is 11.1 Å². The first-order valence-corrected chi connectivity index (χ1v) is 19.4. The van der Waals surface area contributed by atoms with Gasteiger partial charge in [0.25, 0.3) is 5.91 Å². The van der Waals surface area contributed by atoms with Crippen molar-refractivity contribution >= 4 is 56.6 Å². The van der Waals surface area contributed by atoms with Crippen LogP contribution in [0.1, 0.15) is 46.0 Å². The van der Waals surface area contributed by atoms with Crippen molar-refractivity contribution in [3.05, 3.63) is 70.6 Å². The van der Waals surface area contributed by atoms with Crippen LogP contribution in [0.2, 0.25) is 0 Å². The van der Waals surface area contributed by atoms with Crippen LogP contribution in [0.4, 0.5) is 8.78 Å². The fraction of sp³-hybridized carbons (Fsp3) is 0.419. The summed E-state index contributed by atoms with van der Waals surface area (Å²) in [6.45, 7) is 0.465. The van der Waals surface area contributed by atoms with Crippen molar-refractivity contribution in [2.45, 2.75) is 49.0 Å². The molecule has 48 heavy (non-hydrogen) atoms. The predicted molar refractivity (Wildman–Crippen MR) is 171 cm³/mol. The monoisotopic (exact) mass is 720 g/mol. The highest BCUT2D eigenvalue weighted by atomic mass is 32.2. The van der Waals surface area contributed by atoms with Crippen LogP contribution in [0.25, 0.3) is 10.1 Å². The summed E-state index contributed by atoms with van der Waals surface area (Å²) in [5, 5.41) is 12.4. The number of alkyl halides is 2. The van der Waals surface area contributed by atoms with Gasteiger partial charge < -0.3 is 24.9 Å². The molecule has 0 aliphatic carbocycles. The first-order chi connectivity index (χ1) is 22.6. The smallest absolute Gasteiger partial charge is 0.339 e. The third-order valence-corrected chi connectivity index (χ3v) is 13.1. The number of carbonyl (C=O) groups is 3. The molecule has 5 atom stereocenters. The zero-order chi connectivity index (χ0) is 34.6. The van der Waals surface area contributed by atoms with Gasteiger partial charge in [0, 0.05) is 35.3 Å². The van der Waals surface area contributed by atoms with Crippen molar-refractivity contribution in [2.24, 2.45) is 5.92 Å². The van der Waals surface area contributed by atoms with Crippen LogP contribution in [0, 0.1) is 17.2 Å². The lowest BCUT2D eigenvalue weighted by Crippen LogP contribution is -2.59. The van der Waals surface area contributed by atoms with Gasteiger partial charge in [-0.1, -0.05) is 36.4 Å². The van der Waals surface area contributed by atoms with Gasteiger partial charge in [-0.3, -0.25) is 18.9 Å². The summed E-state index contributed by atoms with van der Waals surface area (Å²) in [6, 6.07) is 12.8. The van der Waals surface area contributed by atoms with Crippen LogP contribution in [0.3, 0.4) is 0 Å². The first-order valence-electron chi connectivity index (χ1n) is 15.1. The molecule has 0 unspecified atom stereocenters. The number of sulfone groups is 1. The van der Waals surface area contributed by atoms with Crippen LogP contribution in [-0.2, 0) is 29.7 Å². The lowest BCUT2D eigenvalue weighted by Gasteiger charge is -2.36. The molecule has 0 saturated carbocycles. The molecule has 3 aliphatic heterocycles. The zero-order valence-electron chi connectivity index (χ0n) is 25.2. The van der Waals surface area contributed by atoms with Gasteiger partial charge in [-0.15, -0.1) is 11.3 Å². The average molecular weight is 721 g/mol. The number of nitriles is 1. The molecular weight excluding hydrogens is 689 g/mol. The number of thiophene rings is 1. The number of likely N-dealkylation sites (tertiary alicyclic amines) is 1. The summed E-state index contributed by atoms with van der Waals surface area (Å²) in [6.07, 6.45) is 0.801. The number of hydrogen-bond donors (Lipinski definition) is 3. The van der Waals surface area contributed by atoms with E-state index in [4.69, 9.17) is 9.79 Å². The second-order valence-corrected chi connectivity index (χ2v) is 17.3. The molecule has 3 saturated heterocycles. The molecule has 0 spiro atoms. The third-order valence-electron chi connectivity index (χ3n) is 9.31. The van der Waals surface area contributed by atoms with Gasteiger partial charge in [0.2, 0.25) is 11.8 Å². The molecule has 2 aromatic carbocycles. The Labute approximate surface area is 278 Å². The summed E-state index contributed by atoms with van der Waals surface area (Å²) >= 11 is 0.861. The van der Waals surface area contributed by atoms with E-state index in [1.807, 2.05) is 30.3 Å². The highest BCUT2D eigenvalue weighted by molar-refractivity contribution is 7.91. The fourth-order valence-electron chi connectivity index (χ4n) is 6.85. The van der Waals surface area contributed by atoms with Crippen molar-refractivity contribution in [2.75, 3.05) is 24.6 Å². The maximum atomic E-state index is 14.3. The summed E-state index contributed by atoms with van der Waals surface area (Å²) in [5.41, 5.74) is -4.48. The molecule has 0 bridgehead atoms. The topological polar surface area (TPSA) is 185 Å². The van der Waals surface area contributed by atoms with Crippen LogP contribution in [-0.4, -0.2) is 88.4 Å². The maximum absolute atomic E-state index is 14.3. The second-order valence-electron chi connectivity index (χ2n) is 12.4. The van der Waals surface area contributed by atoms with Crippen LogP contribution in [0.15, 0.2) is 54.6 Å². The van der Waals surface area contributed by atoms with Crippen molar-refractivity contribution in [3.63, 3.8) is 0 Å². The Balaban J connectivity index is 1.23. The third kappa shape index (κ3) is 6.37. The molecule has 254 valence electrons. The molecule has 12 nitrogen and oxygen atoms in total. The van der Waals surface area contributed by atoms with Crippen LogP contribution < -0.4 is 5.32 Å². The van der Waals surface area contributed by atoms with Crippen LogP contribution >= 0.6 is 18.9 Å². The molecule has 3 fully saturated rings. The Hall–Kier alpha value is -3.74. The number of rotatable bonds is 6. The number of fused-ring (bicyclic) bond motifs is 2. The molecule has 3 amide bonds. The number of nitrogens with zero attached hydrogens (tertiary/aromatic N) is 3. The minimum Gasteiger partial charge on any atom is -0.339 e. The molecule has 1 aromatic heterocycles. The van der Waals surface area contributed by atoms with Gasteiger partial charge in [-0.2, -0.15) is 14.0 Å². The number of hydrogen-bond acceptors (Lipinski definition) is 8. The van der Waals surface area contributed by atoms with E-state index in [1.54, 1.807) is 4.90 Å². The van der Waals surface area contributed by atoms with E-state index in [2.05, 4.69) is 11.4 Å². The minimum absolute atomic E-state index is 0.0499. The Morgan fingerprint density at radius 3 is 2.48 bits per heavy atom. The van der Waals surface area contributed by atoms with E-state index < -0.39 is 70.3 Å². The zero-order valence-corrected chi connectivity index (χ0v) is 27.8. The highest BCUT2D eigenvalue weighted by Crippen LogP contribution is 2.59. The number of benzene rings is 2. The van der Waals surface area contributed by atoms with Crippen molar-refractivity contribution in [3.8, 4) is 6.07 Å². The van der Waals surface area contributed by atoms with Gasteiger partial charge in [0.05, 0.1) is 28.4 Å². The van der Waals surface area contributed by atoms with E-state index in [-0.39, 0.29) is 53.8 Å². The number of halogens is 2. The Morgan fingerprint density at radius 1 is 1.06 bits per heavy atom. The first kappa shape index (κ1) is 34.1. The van der Waals surface area contributed by atoms with Gasteiger partial charge in [-0.25, -0.2) is 8.42 Å². The Bertz CT molecular complexity index is 1980. The fourth-order valence-corrected chi connectivity index (χ4v) is 9.81. The molecule has 6 rings (SSSR count). The molecule has 3 aromatic rings. The van der Waals surface area contributed by atoms with E-state index >= 15 is 0 Å². The number of nitrogens with one attached hydrogen (secondary N) is 1. The molecule has 3 aliphatic rings. The van der Waals surface area contributed by atoms with Gasteiger partial charge in [-0.05, 0) is 48.4 Å². The quantitative estimate of drug-likeness (QED) is 0.322. The lowest BCUT2D eigenvalue weighted by molar-refractivity contribution is -0.145. The SMILES string of the molecule is N#C[C@@H]1CN(C(=O)[C@@H]2CC[C@@H]3CCS(=O)(=O)C[C@H](NC(=O)c4cc5cc(C(F)(F)P(=O)(O)O)ccc5s4)C(=O)N32)C[C@H]1c1ccccc1. The molecular formula is C31H31F2N4O8PS2. The summed E-state index contributed by atoms with van der Waals surface area (Å²) < 4.78 is 66.2. The van der Waals surface area contributed by atoms with Crippen molar-refractivity contribution in [1.82, 2.24) is 15.1 Å². The molecule has 17 heteroatoms. The predicted octanol–water partition coefficient (Wildman–Crippen LogP) is 3.17. The molecule has 4 heterocycles. The summed E-state index contributed by atoms with van der Waals surface area (Å²) in [4.78, 5) is 62.5. The summed E-state index contributed by atoms with van der Waals surface area (Å²) in [5.74, 6) is -3.55. The second kappa shape index (κ2) is 12.6. The average Bonchev–Trinajstić information content (AvgIpc) is 3.78. The molecule has 0 radical (unpaired) electrons. The molecule has 3 N–H and O–H groups in total. The normalized spacial score (nSPS) is 26.1. The van der Waals surface area contributed by atoms with Gasteiger partial charge in [0.1, 0.15) is 12.1 Å². The maximum Gasteiger partial charge on any atom is 0.399 e. The standard InChI is InChI=1S/C31H31F2N4O8PS2/c32-31(33,46(41,42)43)21-6-9-26-19(12-21)13-27(47-26)28(38)35-24-17-48(44,45)11-10-22-7-8-25(37(22)29(24)39)30(40)36-15-20(14-34)23(16-36)18-4-2-1-3-5-18/h1-6,9,12-13,20,22-25H,7-8,10-11,15-17H2,(H,35,38)(H2,41,42,43)/t20-,22-,23+,24+,25+/m1/s1. The van der Waals surface area contributed by atoms with E-state index in [0.717, 1.165) is 29.0 Å². The lowest BCUT2D eigenvalue weighted by atomic mass is 9.90. The van der Waals surface area contributed by atoms with E-state index in [1.165, 1.54) is 17.0 Å². The summed E-state index contributed by atoms with van der Waals surface area (Å²) in [7, 11) is -9.63. The Morgan fingerprint density at radius 2 is 1.79 bits per heavy atom. The van der Waals surface area contributed by atoms with Gasteiger partial charge in [0.15, 0.2) is 9.84 Å². The highest BCUT2D eigenvalue weighted by Gasteiger charge is 2.51. The Kier molecular flexibility index (Phi) is 8.97. The largest absolute Gasteiger partial charge is 0.399 e.